The number of aromatic nitrogens is 2. The van der Waals surface area contributed by atoms with Gasteiger partial charge in [0.25, 0.3) is 5.89 Å². The average molecular weight is 215 g/mol. The molecule has 0 fully saturated rings. The summed E-state index contributed by atoms with van der Waals surface area (Å²) < 4.78 is 5.08. The van der Waals surface area contributed by atoms with Crippen molar-refractivity contribution in [3.05, 3.63) is 40.5 Å². The van der Waals surface area contributed by atoms with Crippen LogP contribution < -0.4 is 0 Å². The van der Waals surface area contributed by atoms with Crippen molar-refractivity contribution in [1.82, 2.24) is 10.1 Å². The van der Waals surface area contributed by atoms with Gasteiger partial charge in [-0.2, -0.15) is 4.98 Å². The molecule has 0 aliphatic carbocycles. The molecule has 2 aromatic rings. The fourth-order valence-corrected chi connectivity index (χ4v) is 1.24. The third-order valence-electron chi connectivity index (χ3n) is 2.06. The van der Waals surface area contributed by atoms with Gasteiger partial charge in [-0.25, -0.2) is 0 Å². The summed E-state index contributed by atoms with van der Waals surface area (Å²) in [7, 11) is 0. The number of rotatable bonds is 3. The lowest BCUT2D eigenvalue weighted by Gasteiger charge is -1.94. The predicted octanol–water partition coefficient (Wildman–Crippen LogP) is 3.24. The quantitative estimate of drug-likeness (QED) is 0.447. The number of hydrogen-bond donors (Lipinski definition) is 0. The Bertz CT molecular complexity index is 524. The fourth-order valence-electron chi connectivity index (χ4n) is 1.24. The lowest BCUT2D eigenvalue weighted by molar-refractivity contribution is 0.423. The summed E-state index contributed by atoms with van der Waals surface area (Å²) in [5.41, 5.74) is 9.63. The molecule has 0 unspecified atom stereocenters. The number of aryl methyl sites for hydroxylation is 1. The van der Waals surface area contributed by atoms with Crippen molar-refractivity contribution in [2.45, 2.75) is 13.3 Å². The Kier molecular flexibility index (Phi) is 2.84. The molecule has 80 valence electrons. The highest BCUT2D eigenvalue weighted by Gasteiger charge is 2.06. The number of nitrogens with zero attached hydrogens (tertiary/aromatic N) is 5. The minimum Gasteiger partial charge on any atom is -0.334 e. The van der Waals surface area contributed by atoms with E-state index in [-0.39, 0.29) is 0 Å². The van der Waals surface area contributed by atoms with Gasteiger partial charge in [0.15, 0.2) is 5.82 Å². The van der Waals surface area contributed by atoms with E-state index in [1.165, 1.54) is 0 Å². The smallest absolute Gasteiger partial charge is 0.257 e. The van der Waals surface area contributed by atoms with E-state index in [1.54, 1.807) is 24.3 Å². The average Bonchev–Trinajstić information content (AvgIpc) is 2.79. The van der Waals surface area contributed by atoms with Crippen LogP contribution >= 0.6 is 0 Å². The molecular weight excluding hydrogens is 206 g/mol. The highest BCUT2D eigenvalue weighted by molar-refractivity contribution is 5.56. The molecule has 0 radical (unpaired) electrons. The molecule has 0 bridgehead atoms. The van der Waals surface area contributed by atoms with E-state index >= 15 is 0 Å². The molecule has 0 spiro atoms. The van der Waals surface area contributed by atoms with Crippen LogP contribution in [0.25, 0.3) is 21.9 Å². The summed E-state index contributed by atoms with van der Waals surface area (Å²) in [6, 6.07) is 6.95. The lowest BCUT2D eigenvalue weighted by Crippen LogP contribution is -1.82. The summed E-state index contributed by atoms with van der Waals surface area (Å²) in [4.78, 5) is 6.89. The van der Waals surface area contributed by atoms with Crippen LogP contribution in [0.5, 0.6) is 0 Å². The number of benzene rings is 1. The Balaban J connectivity index is 2.30. The first-order valence-electron chi connectivity index (χ1n) is 4.81. The molecule has 0 aliphatic heterocycles. The van der Waals surface area contributed by atoms with Crippen LogP contribution in [0.4, 0.5) is 5.69 Å². The highest BCUT2D eigenvalue weighted by atomic mass is 16.5. The van der Waals surface area contributed by atoms with E-state index in [1.807, 2.05) is 6.92 Å². The van der Waals surface area contributed by atoms with E-state index in [4.69, 9.17) is 10.1 Å². The van der Waals surface area contributed by atoms with Gasteiger partial charge < -0.3 is 4.52 Å². The normalized spacial score (nSPS) is 9.81. The summed E-state index contributed by atoms with van der Waals surface area (Å²) in [6.07, 6.45) is 0.736. The minimum absolute atomic E-state index is 0.476. The molecule has 0 N–H and O–H groups in total. The van der Waals surface area contributed by atoms with Crippen LogP contribution in [-0.2, 0) is 6.42 Å². The summed E-state index contributed by atoms with van der Waals surface area (Å²) in [6.45, 7) is 1.96. The molecule has 0 aliphatic rings. The van der Waals surface area contributed by atoms with E-state index in [0.717, 1.165) is 12.0 Å². The van der Waals surface area contributed by atoms with E-state index in [9.17, 15) is 0 Å². The fraction of sp³-hybridized carbons (Fsp3) is 0.200. The molecule has 0 amide bonds. The first-order valence-corrected chi connectivity index (χ1v) is 4.81. The maximum atomic E-state index is 8.26. The molecular formula is C10H9N5O. The Morgan fingerprint density at radius 1 is 1.38 bits per heavy atom. The Labute approximate surface area is 91.5 Å². The predicted molar refractivity (Wildman–Crippen MR) is 57.9 cm³/mol. The van der Waals surface area contributed by atoms with Gasteiger partial charge in [-0.15, -0.1) is 0 Å². The summed E-state index contributed by atoms with van der Waals surface area (Å²) in [5.74, 6) is 1.15. The van der Waals surface area contributed by atoms with Crippen molar-refractivity contribution in [2.75, 3.05) is 0 Å². The zero-order valence-electron chi connectivity index (χ0n) is 8.66. The molecule has 0 saturated carbocycles. The largest absolute Gasteiger partial charge is 0.334 e. The van der Waals surface area contributed by atoms with Crippen molar-refractivity contribution >= 4 is 5.69 Å². The number of azide groups is 1. The van der Waals surface area contributed by atoms with Crippen molar-refractivity contribution < 1.29 is 4.52 Å². The molecule has 16 heavy (non-hydrogen) atoms. The molecule has 1 aromatic heterocycles. The highest BCUT2D eigenvalue weighted by Crippen LogP contribution is 2.21. The summed E-state index contributed by atoms with van der Waals surface area (Å²) >= 11 is 0. The monoisotopic (exact) mass is 215 g/mol. The summed E-state index contributed by atoms with van der Waals surface area (Å²) in [5, 5.41) is 7.28. The van der Waals surface area contributed by atoms with Gasteiger partial charge in [0.2, 0.25) is 0 Å². The number of hydrogen-bond acceptors (Lipinski definition) is 4. The Morgan fingerprint density at radius 2 is 2.12 bits per heavy atom. The van der Waals surface area contributed by atoms with E-state index in [2.05, 4.69) is 20.2 Å². The zero-order chi connectivity index (χ0) is 11.4. The second-order valence-electron chi connectivity index (χ2n) is 3.11. The van der Waals surface area contributed by atoms with Crippen LogP contribution in [0.3, 0.4) is 0 Å². The van der Waals surface area contributed by atoms with Crippen LogP contribution in [0.2, 0.25) is 0 Å². The maximum Gasteiger partial charge on any atom is 0.257 e. The molecule has 0 atom stereocenters. The van der Waals surface area contributed by atoms with Gasteiger partial charge in [-0.3, -0.25) is 0 Å². The Hall–Kier alpha value is -2.33. The first kappa shape index (κ1) is 10.2. The SMILES string of the molecule is CCc1noc(-c2ccc(N=[N+]=[N-])cc2)n1. The molecule has 1 heterocycles. The van der Waals surface area contributed by atoms with Gasteiger partial charge >= 0.3 is 0 Å². The van der Waals surface area contributed by atoms with E-state index in [0.29, 0.717) is 17.4 Å². The topological polar surface area (TPSA) is 87.7 Å². The van der Waals surface area contributed by atoms with Crippen molar-refractivity contribution in [2.24, 2.45) is 5.11 Å². The molecule has 0 saturated heterocycles. The van der Waals surface area contributed by atoms with Gasteiger partial charge in [-0.05, 0) is 17.7 Å². The third-order valence-corrected chi connectivity index (χ3v) is 2.06. The third kappa shape index (κ3) is 2.02. The van der Waals surface area contributed by atoms with Crippen molar-refractivity contribution in [3.8, 4) is 11.5 Å². The maximum absolute atomic E-state index is 8.26. The van der Waals surface area contributed by atoms with Gasteiger partial charge in [0.05, 0.1) is 0 Å². The van der Waals surface area contributed by atoms with Gasteiger partial charge in [0, 0.05) is 22.6 Å². The van der Waals surface area contributed by atoms with Crippen LogP contribution in [0.1, 0.15) is 12.7 Å². The van der Waals surface area contributed by atoms with Crippen LogP contribution in [-0.4, -0.2) is 10.1 Å². The Morgan fingerprint density at radius 3 is 2.69 bits per heavy atom. The lowest BCUT2D eigenvalue weighted by atomic mass is 10.2. The minimum atomic E-state index is 0.476. The molecule has 1 aromatic carbocycles. The molecule has 6 nitrogen and oxygen atoms in total. The van der Waals surface area contributed by atoms with Crippen molar-refractivity contribution in [1.29, 1.82) is 0 Å². The van der Waals surface area contributed by atoms with Crippen LogP contribution in [0.15, 0.2) is 33.9 Å². The second kappa shape index (κ2) is 4.46. The van der Waals surface area contributed by atoms with Gasteiger partial charge in [0.1, 0.15) is 0 Å². The molecule has 6 heteroatoms. The standard InChI is InChI=1S/C10H9N5O/c1-2-9-12-10(16-14-9)7-3-5-8(6-4-7)13-15-11/h3-6H,2H2,1H3. The van der Waals surface area contributed by atoms with Gasteiger partial charge in [-0.1, -0.05) is 29.3 Å². The zero-order valence-corrected chi connectivity index (χ0v) is 8.66. The van der Waals surface area contributed by atoms with Crippen molar-refractivity contribution in [3.63, 3.8) is 0 Å². The molecule has 2 rings (SSSR count). The van der Waals surface area contributed by atoms with E-state index < -0.39 is 0 Å². The second-order valence-corrected chi connectivity index (χ2v) is 3.11. The van der Waals surface area contributed by atoms with Crippen LogP contribution in [0, 0.1) is 0 Å². The first-order chi connectivity index (χ1) is 7.83.